The number of nitrogens with one attached hydrogen (secondary N) is 1. The maximum absolute atomic E-state index is 13.3. The Bertz CT molecular complexity index is 1160. The van der Waals surface area contributed by atoms with Gasteiger partial charge in [-0.05, 0) is 66.9 Å². The topological polar surface area (TPSA) is 66.5 Å². The second kappa shape index (κ2) is 7.67. The molecule has 0 atom stereocenters. The Morgan fingerprint density at radius 2 is 1.72 bits per heavy atom. The summed E-state index contributed by atoms with van der Waals surface area (Å²) in [5, 5.41) is 2.65. The first-order valence-corrected chi connectivity index (χ1v) is 10.7. The van der Waals surface area contributed by atoms with Crippen LogP contribution in [-0.2, 0) is 16.4 Å². The molecule has 4 rings (SSSR count). The number of nitrogens with zero attached hydrogens (tertiary/aromatic N) is 1. The quantitative estimate of drug-likeness (QED) is 0.700. The second-order valence-corrected chi connectivity index (χ2v) is 8.66. The molecule has 29 heavy (non-hydrogen) atoms. The van der Waals surface area contributed by atoms with Crippen molar-refractivity contribution in [2.75, 3.05) is 16.2 Å². The van der Waals surface area contributed by atoms with Gasteiger partial charge in [0.1, 0.15) is 5.82 Å². The monoisotopic (exact) mass is 410 g/mol. The van der Waals surface area contributed by atoms with Crippen LogP contribution in [0.25, 0.3) is 0 Å². The van der Waals surface area contributed by atoms with Crippen LogP contribution in [-0.4, -0.2) is 20.9 Å². The van der Waals surface area contributed by atoms with Gasteiger partial charge >= 0.3 is 0 Å². The predicted molar refractivity (Wildman–Crippen MR) is 110 cm³/mol. The summed E-state index contributed by atoms with van der Waals surface area (Å²) in [6.45, 7) is 0.428. The smallest absolute Gasteiger partial charge is 0.264 e. The molecule has 3 aromatic carbocycles. The zero-order valence-electron chi connectivity index (χ0n) is 15.5. The lowest BCUT2D eigenvalue weighted by Crippen LogP contribution is -2.35. The van der Waals surface area contributed by atoms with Crippen molar-refractivity contribution in [2.45, 2.75) is 17.7 Å². The number of aryl methyl sites for hydroxylation is 1. The van der Waals surface area contributed by atoms with Gasteiger partial charge in [-0.25, -0.2) is 12.8 Å². The van der Waals surface area contributed by atoms with Gasteiger partial charge in [0.05, 0.1) is 10.6 Å². The van der Waals surface area contributed by atoms with Gasteiger partial charge in [-0.1, -0.05) is 24.3 Å². The molecule has 0 bridgehead atoms. The van der Waals surface area contributed by atoms with Gasteiger partial charge in [0.25, 0.3) is 15.9 Å². The summed E-state index contributed by atoms with van der Waals surface area (Å²) in [4.78, 5) is 12.4. The fourth-order valence-corrected chi connectivity index (χ4v) is 4.96. The standard InChI is InChI=1S/C22H19FN2O3S/c23-18-8-3-6-17(15-18)22(26)24-19-10-12-20(13-11-19)29(27,28)25-14-4-7-16-5-1-2-9-21(16)25/h1-3,5-6,8-13,15H,4,7,14H2,(H,24,26). The summed E-state index contributed by atoms with van der Waals surface area (Å²) in [6, 6.07) is 18.9. The van der Waals surface area contributed by atoms with Crippen LogP contribution in [0.3, 0.4) is 0 Å². The first-order valence-electron chi connectivity index (χ1n) is 9.23. The Hall–Kier alpha value is -3.19. The summed E-state index contributed by atoms with van der Waals surface area (Å²) in [6.07, 6.45) is 1.62. The van der Waals surface area contributed by atoms with Gasteiger partial charge in [-0.3, -0.25) is 9.10 Å². The lowest BCUT2D eigenvalue weighted by Gasteiger charge is -2.30. The number of fused-ring (bicyclic) bond motifs is 1. The average molecular weight is 410 g/mol. The van der Waals surface area contributed by atoms with E-state index in [1.165, 1.54) is 46.8 Å². The summed E-state index contributed by atoms with van der Waals surface area (Å²) >= 11 is 0. The molecule has 0 radical (unpaired) electrons. The molecular formula is C22H19FN2O3S. The highest BCUT2D eigenvalue weighted by Crippen LogP contribution is 2.32. The number of benzene rings is 3. The van der Waals surface area contributed by atoms with Gasteiger partial charge < -0.3 is 5.32 Å². The van der Waals surface area contributed by atoms with Crippen LogP contribution in [0.4, 0.5) is 15.8 Å². The highest BCUT2D eigenvalue weighted by atomic mass is 32.2. The molecular weight excluding hydrogens is 391 g/mol. The Kier molecular flexibility index (Phi) is 5.07. The fourth-order valence-electron chi connectivity index (χ4n) is 3.42. The lowest BCUT2D eigenvalue weighted by molar-refractivity contribution is 0.102. The van der Waals surface area contributed by atoms with Gasteiger partial charge in [0, 0.05) is 17.8 Å². The van der Waals surface area contributed by atoms with Crippen molar-refractivity contribution < 1.29 is 17.6 Å². The van der Waals surface area contributed by atoms with Crippen molar-refractivity contribution in [1.29, 1.82) is 0 Å². The molecule has 5 nitrogen and oxygen atoms in total. The maximum atomic E-state index is 13.3. The number of carbonyl (C=O) groups excluding carboxylic acids is 1. The third-order valence-electron chi connectivity index (χ3n) is 4.85. The normalized spacial score (nSPS) is 13.6. The zero-order valence-corrected chi connectivity index (χ0v) is 16.3. The molecule has 148 valence electrons. The number of para-hydroxylation sites is 1. The molecule has 0 fully saturated rings. The van der Waals surface area contributed by atoms with E-state index in [4.69, 9.17) is 0 Å². The third kappa shape index (κ3) is 3.86. The number of rotatable bonds is 4. The second-order valence-electron chi connectivity index (χ2n) is 6.80. The predicted octanol–water partition coefficient (Wildman–Crippen LogP) is 4.22. The van der Waals surface area contributed by atoms with Gasteiger partial charge in [-0.15, -0.1) is 0 Å². The van der Waals surface area contributed by atoms with E-state index in [1.54, 1.807) is 0 Å². The van der Waals surface area contributed by atoms with Crippen molar-refractivity contribution in [3.05, 3.63) is 89.7 Å². The molecule has 1 amide bonds. The largest absolute Gasteiger partial charge is 0.322 e. The van der Waals surface area contributed by atoms with Crippen molar-refractivity contribution in [2.24, 2.45) is 0 Å². The average Bonchev–Trinajstić information content (AvgIpc) is 2.73. The molecule has 0 saturated carbocycles. The highest BCUT2D eigenvalue weighted by molar-refractivity contribution is 7.92. The van der Waals surface area contributed by atoms with E-state index in [0.717, 1.165) is 24.5 Å². The Balaban J connectivity index is 1.56. The Morgan fingerprint density at radius 3 is 2.48 bits per heavy atom. The van der Waals surface area contributed by atoms with Gasteiger partial charge in [-0.2, -0.15) is 0 Å². The molecule has 1 aliphatic rings. The first-order chi connectivity index (χ1) is 13.9. The van der Waals surface area contributed by atoms with Crippen molar-refractivity contribution in [3.8, 4) is 0 Å². The molecule has 0 spiro atoms. The van der Waals surface area contributed by atoms with E-state index in [1.807, 2.05) is 24.3 Å². The van der Waals surface area contributed by atoms with Crippen molar-refractivity contribution in [1.82, 2.24) is 0 Å². The van der Waals surface area contributed by atoms with Crippen LogP contribution in [0.1, 0.15) is 22.3 Å². The van der Waals surface area contributed by atoms with Crippen LogP contribution in [0, 0.1) is 5.82 Å². The number of amides is 1. The first kappa shape index (κ1) is 19.1. The fraction of sp³-hybridized carbons (Fsp3) is 0.136. The minimum Gasteiger partial charge on any atom is -0.322 e. The van der Waals surface area contributed by atoms with E-state index in [0.29, 0.717) is 17.9 Å². The molecule has 0 aromatic heterocycles. The van der Waals surface area contributed by atoms with Crippen LogP contribution in [0.15, 0.2) is 77.7 Å². The number of anilines is 2. The molecule has 3 aromatic rings. The molecule has 0 unspecified atom stereocenters. The zero-order chi connectivity index (χ0) is 20.4. The maximum Gasteiger partial charge on any atom is 0.264 e. The van der Waals surface area contributed by atoms with E-state index in [-0.39, 0.29) is 10.5 Å². The van der Waals surface area contributed by atoms with E-state index < -0.39 is 21.7 Å². The number of hydrogen-bond donors (Lipinski definition) is 1. The number of hydrogen-bond acceptors (Lipinski definition) is 3. The summed E-state index contributed by atoms with van der Waals surface area (Å²) in [5.41, 5.74) is 2.34. The van der Waals surface area contributed by atoms with Crippen LogP contribution in [0.5, 0.6) is 0 Å². The Morgan fingerprint density at radius 1 is 0.966 bits per heavy atom. The molecule has 1 aliphatic heterocycles. The van der Waals surface area contributed by atoms with Crippen LogP contribution >= 0.6 is 0 Å². The SMILES string of the molecule is O=C(Nc1ccc(S(=O)(=O)N2CCCc3ccccc32)cc1)c1cccc(F)c1. The van der Waals surface area contributed by atoms with Gasteiger partial charge in [0.15, 0.2) is 0 Å². The molecule has 0 saturated heterocycles. The minimum absolute atomic E-state index is 0.151. The summed E-state index contributed by atoms with van der Waals surface area (Å²) < 4.78 is 41.0. The number of halogens is 1. The van der Waals surface area contributed by atoms with E-state index in [9.17, 15) is 17.6 Å². The summed E-state index contributed by atoms with van der Waals surface area (Å²) in [7, 11) is -3.71. The molecule has 1 heterocycles. The van der Waals surface area contributed by atoms with Crippen molar-refractivity contribution in [3.63, 3.8) is 0 Å². The number of sulfonamides is 1. The minimum atomic E-state index is -3.71. The van der Waals surface area contributed by atoms with Gasteiger partial charge in [0.2, 0.25) is 0 Å². The molecule has 1 N–H and O–H groups in total. The molecule has 7 heteroatoms. The lowest BCUT2D eigenvalue weighted by atomic mass is 10.0. The highest BCUT2D eigenvalue weighted by Gasteiger charge is 2.28. The molecule has 0 aliphatic carbocycles. The summed E-state index contributed by atoms with van der Waals surface area (Å²) in [5.74, 6) is -0.967. The van der Waals surface area contributed by atoms with E-state index >= 15 is 0 Å². The van der Waals surface area contributed by atoms with Crippen LogP contribution < -0.4 is 9.62 Å². The van der Waals surface area contributed by atoms with Crippen LogP contribution in [0.2, 0.25) is 0 Å². The third-order valence-corrected chi connectivity index (χ3v) is 6.68. The van der Waals surface area contributed by atoms with E-state index in [2.05, 4.69) is 5.32 Å². The van der Waals surface area contributed by atoms with Crippen molar-refractivity contribution >= 4 is 27.3 Å². The Labute approximate surface area is 168 Å². The number of carbonyl (C=O) groups is 1.